The summed E-state index contributed by atoms with van der Waals surface area (Å²) < 4.78 is 5.03. The molecule has 6 heteroatoms. The lowest BCUT2D eigenvalue weighted by Gasteiger charge is -2.17. The van der Waals surface area contributed by atoms with Crippen molar-refractivity contribution in [1.82, 2.24) is 5.32 Å². The van der Waals surface area contributed by atoms with Crippen LogP contribution in [-0.2, 0) is 20.7 Å². The zero-order valence-electron chi connectivity index (χ0n) is 16.6. The standard InChI is InChI=1S/C23H26N2O4/c1-2-29-20(26)18-12-6-7-13-19(18)25-22(28)23(14-15-23)21(27)24-16-8-11-17-9-4-3-5-10-17/h3-7,9-10,12-13H,2,8,11,14-16H2,1H3,(H,24,27)(H,25,28). The maximum Gasteiger partial charge on any atom is 0.340 e. The van der Waals surface area contributed by atoms with Gasteiger partial charge in [-0.15, -0.1) is 0 Å². The number of amides is 2. The molecule has 0 aliphatic heterocycles. The normalized spacial score (nSPS) is 14.0. The van der Waals surface area contributed by atoms with Gasteiger partial charge in [-0.25, -0.2) is 4.79 Å². The second kappa shape index (κ2) is 9.37. The topological polar surface area (TPSA) is 84.5 Å². The average Bonchev–Trinajstić information content (AvgIpc) is 3.55. The number of nitrogens with one attached hydrogen (secondary N) is 2. The molecule has 0 saturated heterocycles. The van der Waals surface area contributed by atoms with E-state index in [0.717, 1.165) is 12.8 Å². The lowest BCUT2D eigenvalue weighted by molar-refractivity contribution is -0.134. The number of anilines is 1. The van der Waals surface area contributed by atoms with Crippen molar-refractivity contribution in [2.75, 3.05) is 18.5 Å². The summed E-state index contributed by atoms with van der Waals surface area (Å²) in [6, 6.07) is 16.7. The van der Waals surface area contributed by atoms with Crippen molar-refractivity contribution in [2.24, 2.45) is 5.41 Å². The fourth-order valence-electron chi connectivity index (χ4n) is 3.21. The monoisotopic (exact) mass is 394 g/mol. The molecule has 1 aliphatic carbocycles. The largest absolute Gasteiger partial charge is 0.462 e. The second-order valence-corrected chi connectivity index (χ2v) is 7.15. The number of esters is 1. The molecule has 0 atom stereocenters. The van der Waals surface area contributed by atoms with Crippen LogP contribution in [0.25, 0.3) is 0 Å². The van der Waals surface area contributed by atoms with E-state index >= 15 is 0 Å². The highest BCUT2D eigenvalue weighted by atomic mass is 16.5. The molecule has 0 heterocycles. The molecule has 0 radical (unpaired) electrons. The van der Waals surface area contributed by atoms with Crippen LogP contribution in [-0.4, -0.2) is 30.9 Å². The zero-order chi connectivity index (χ0) is 20.7. The fourth-order valence-corrected chi connectivity index (χ4v) is 3.21. The molecule has 1 aliphatic rings. The third-order valence-electron chi connectivity index (χ3n) is 5.06. The second-order valence-electron chi connectivity index (χ2n) is 7.15. The number of ether oxygens (including phenoxy) is 1. The van der Waals surface area contributed by atoms with E-state index in [0.29, 0.717) is 25.1 Å². The molecule has 2 aromatic rings. The molecular weight excluding hydrogens is 368 g/mol. The summed E-state index contributed by atoms with van der Waals surface area (Å²) in [4.78, 5) is 37.5. The summed E-state index contributed by atoms with van der Waals surface area (Å²) in [5.74, 6) is -1.13. The molecule has 0 bridgehead atoms. The minimum Gasteiger partial charge on any atom is -0.462 e. The number of benzene rings is 2. The van der Waals surface area contributed by atoms with Gasteiger partial charge in [0, 0.05) is 6.54 Å². The molecule has 2 amide bonds. The first-order chi connectivity index (χ1) is 14.1. The molecule has 2 N–H and O–H groups in total. The van der Waals surface area contributed by atoms with Crippen molar-refractivity contribution in [1.29, 1.82) is 0 Å². The highest BCUT2D eigenvalue weighted by Crippen LogP contribution is 2.47. The van der Waals surface area contributed by atoms with Gasteiger partial charge in [0.2, 0.25) is 11.8 Å². The van der Waals surface area contributed by atoms with E-state index < -0.39 is 11.4 Å². The Morgan fingerprint density at radius 2 is 1.66 bits per heavy atom. The Morgan fingerprint density at radius 3 is 2.34 bits per heavy atom. The van der Waals surface area contributed by atoms with E-state index in [4.69, 9.17) is 4.74 Å². The molecule has 1 saturated carbocycles. The maximum absolute atomic E-state index is 12.8. The highest BCUT2D eigenvalue weighted by molar-refractivity contribution is 6.14. The first kappa shape index (κ1) is 20.6. The van der Waals surface area contributed by atoms with Gasteiger partial charge in [-0.3, -0.25) is 9.59 Å². The summed E-state index contributed by atoms with van der Waals surface area (Å²) in [5.41, 5.74) is 0.811. The number of aryl methyl sites for hydroxylation is 1. The van der Waals surface area contributed by atoms with E-state index in [-0.39, 0.29) is 24.0 Å². The van der Waals surface area contributed by atoms with Gasteiger partial charge < -0.3 is 15.4 Å². The Bertz CT molecular complexity index is 875. The first-order valence-corrected chi connectivity index (χ1v) is 9.96. The van der Waals surface area contributed by atoms with Crippen molar-refractivity contribution in [2.45, 2.75) is 32.6 Å². The molecule has 29 heavy (non-hydrogen) atoms. The van der Waals surface area contributed by atoms with Crippen molar-refractivity contribution in [3.05, 3.63) is 65.7 Å². The van der Waals surface area contributed by atoms with Crippen LogP contribution in [0.3, 0.4) is 0 Å². The smallest absolute Gasteiger partial charge is 0.340 e. The van der Waals surface area contributed by atoms with Crippen LogP contribution in [0.5, 0.6) is 0 Å². The van der Waals surface area contributed by atoms with E-state index in [2.05, 4.69) is 22.8 Å². The molecule has 6 nitrogen and oxygen atoms in total. The van der Waals surface area contributed by atoms with Crippen LogP contribution >= 0.6 is 0 Å². The fraction of sp³-hybridized carbons (Fsp3) is 0.348. The number of hydrogen-bond acceptors (Lipinski definition) is 4. The Hall–Kier alpha value is -3.15. The minimum atomic E-state index is -1.05. The Kier molecular flexibility index (Phi) is 6.65. The molecule has 0 aromatic heterocycles. The van der Waals surface area contributed by atoms with Gasteiger partial charge in [0.1, 0.15) is 5.41 Å². The molecule has 152 valence electrons. The van der Waals surface area contributed by atoms with Gasteiger partial charge in [0.05, 0.1) is 17.9 Å². The van der Waals surface area contributed by atoms with Crippen molar-refractivity contribution in [3.63, 3.8) is 0 Å². The highest BCUT2D eigenvalue weighted by Gasteiger charge is 2.56. The van der Waals surface area contributed by atoms with Gasteiger partial charge in [0.15, 0.2) is 0 Å². The lowest BCUT2D eigenvalue weighted by atomic mass is 10.0. The van der Waals surface area contributed by atoms with Crippen molar-refractivity contribution < 1.29 is 19.1 Å². The number of rotatable bonds is 9. The summed E-state index contributed by atoms with van der Waals surface area (Å²) in [5, 5.41) is 5.64. The number of carbonyl (C=O) groups excluding carboxylic acids is 3. The van der Waals surface area contributed by atoms with E-state index in [9.17, 15) is 14.4 Å². The third-order valence-corrected chi connectivity index (χ3v) is 5.06. The van der Waals surface area contributed by atoms with Crippen LogP contribution in [0, 0.1) is 5.41 Å². The maximum atomic E-state index is 12.8. The quantitative estimate of drug-likeness (QED) is 0.388. The number of hydrogen-bond donors (Lipinski definition) is 2. The Morgan fingerprint density at radius 1 is 0.966 bits per heavy atom. The van der Waals surface area contributed by atoms with Crippen LogP contribution in [0.1, 0.15) is 42.1 Å². The van der Waals surface area contributed by atoms with Crippen LogP contribution < -0.4 is 10.6 Å². The van der Waals surface area contributed by atoms with Gasteiger partial charge in [0.25, 0.3) is 0 Å². The minimum absolute atomic E-state index is 0.246. The number of carbonyl (C=O) groups is 3. The van der Waals surface area contributed by atoms with Gasteiger partial charge in [-0.05, 0) is 50.3 Å². The Labute approximate surface area is 170 Å². The average molecular weight is 394 g/mol. The van der Waals surface area contributed by atoms with Crippen LogP contribution in [0.2, 0.25) is 0 Å². The summed E-state index contributed by atoms with van der Waals surface area (Å²) in [6.45, 7) is 2.49. The van der Waals surface area contributed by atoms with Gasteiger partial charge in [-0.2, -0.15) is 0 Å². The first-order valence-electron chi connectivity index (χ1n) is 9.96. The SMILES string of the molecule is CCOC(=O)c1ccccc1NC(=O)C1(C(=O)NCCCc2ccccc2)CC1. The van der Waals surface area contributed by atoms with E-state index in [1.165, 1.54) is 5.56 Å². The Balaban J connectivity index is 1.55. The van der Waals surface area contributed by atoms with E-state index in [1.807, 2.05) is 18.2 Å². The third kappa shape index (κ3) is 5.02. The summed E-state index contributed by atoms with van der Waals surface area (Å²) in [7, 11) is 0. The molecule has 0 unspecified atom stereocenters. The van der Waals surface area contributed by atoms with E-state index in [1.54, 1.807) is 31.2 Å². The van der Waals surface area contributed by atoms with Gasteiger partial charge >= 0.3 is 5.97 Å². The number of para-hydroxylation sites is 1. The predicted octanol–water partition coefficient (Wildman–Crippen LogP) is 3.33. The lowest BCUT2D eigenvalue weighted by Crippen LogP contribution is -2.40. The van der Waals surface area contributed by atoms with Gasteiger partial charge in [-0.1, -0.05) is 42.5 Å². The zero-order valence-corrected chi connectivity index (χ0v) is 16.6. The predicted molar refractivity (Wildman–Crippen MR) is 110 cm³/mol. The molecule has 3 rings (SSSR count). The molecule has 0 spiro atoms. The van der Waals surface area contributed by atoms with Crippen molar-refractivity contribution >= 4 is 23.5 Å². The molecule has 2 aromatic carbocycles. The summed E-state index contributed by atoms with van der Waals surface area (Å²) >= 11 is 0. The molecular formula is C23H26N2O4. The van der Waals surface area contributed by atoms with Crippen LogP contribution in [0.15, 0.2) is 54.6 Å². The summed E-state index contributed by atoms with van der Waals surface area (Å²) in [6.07, 6.45) is 2.68. The molecule has 1 fully saturated rings. The van der Waals surface area contributed by atoms with Crippen molar-refractivity contribution in [3.8, 4) is 0 Å². The van der Waals surface area contributed by atoms with Crippen LogP contribution in [0.4, 0.5) is 5.69 Å².